The molecule has 0 saturated heterocycles. The number of para-hydroxylation sites is 1. The van der Waals surface area contributed by atoms with Gasteiger partial charge in [-0.05, 0) is 12.1 Å². The molecule has 1 heterocycles. The normalized spacial score (nSPS) is 10.6. The van der Waals surface area contributed by atoms with Gasteiger partial charge >= 0.3 is 0 Å². The molecule has 1 amide bonds. The number of nitrogens with two attached hydrogens (primary N) is 1. The van der Waals surface area contributed by atoms with Gasteiger partial charge in [-0.25, -0.2) is 4.98 Å². The summed E-state index contributed by atoms with van der Waals surface area (Å²) in [5, 5.41) is 9.63. The number of aliphatic hydroxyl groups is 1. The summed E-state index contributed by atoms with van der Waals surface area (Å²) in [5.74, 6) is 0.142. The van der Waals surface area contributed by atoms with Gasteiger partial charge in [0.2, 0.25) is 0 Å². The standard InChI is InChI=1S/C13H15N3O2/c1-16(6-7-17)13(18)10-8-12(14)15-11-5-3-2-4-9(10)11/h2-5,8,17H,6-7H2,1H3,(H2,14,15). The molecule has 5 nitrogen and oxygen atoms in total. The average molecular weight is 245 g/mol. The molecule has 2 aromatic rings. The van der Waals surface area contributed by atoms with Gasteiger partial charge in [0.1, 0.15) is 5.82 Å². The second-order valence-corrected chi connectivity index (χ2v) is 4.06. The van der Waals surface area contributed by atoms with Crippen LogP contribution in [0.25, 0.3) is 10.9 Å². The van der Waals surface area contributed by atoms with Crippen molar-refractivity contribution in [2.75, 3.05) is 25.9 Å². The first kappa shape index (κ1) is 12.3. The molecule has 0 aliphatic carbocycles. The first-order valence-corrected chi connectivity index (χ1v) is 5.65. The number of fused-ring (bicyclic) bond motifs is 1. The minimum absolute atomic E-state index is 0.0687. The summed E-state index contributed by atoms with van der Waals surface area (Å²) in [6, 6.07) is 8.92. The zero-order chi connectivity index (χ0) is 13.1. The third-order valence-electron chi connectivity index (χ3n) is 2.75. The molecule has 0 radical (unpaired) electrons. The maximum Gasteiger partial charge on any atom is 0.254 e. The molecule has 5 heteroatoms. The quantitative estimate of drug-likeness (QED) is 0.841. The number of hydrogen-bond acceptors (Lipinski definition) is 4. The van der Waals surface area contributed by atoms with Crippen LogP contribution in [0.5, 0.6) is 0 Å². The van der Waals surface area contributed by atoms with Crippen LogP contribution in [0.15, 0.2) is 30.3 Å². The van der Waals surface area contributed by atoms with E-state index in [2.05, 4.69) is 4.98 Å². The number of rotatable bonds is 3. The predicted molar refractivity (Wildman–Crippen MR) is 70.2 cm³/mol. The van der Waals surface area contributed by atoms with Crippen molar-refractivity contribution in [1.29, 1.82) is 0 Å². The number of amides is 1. The third-order valence-corrected chi connectivity index (χ3v) is 2.75. The fourth-order valence-electron chi connectivity index (χ4n) is 1.83. The molecule has 94 valence electrons. The van der Waals surface area contributed by atoms with Crippen molar-refractivity contribution in [2.24, 2.45) is 0 Å². The number of pyridine rings is 1. The Morgan fingerprint density at radius 3 is 2.89 bits per heavy atom. The van der Waals surface area contributed by atoms with Crippen LogP contribution < -0.4 is 5.73 Å². The van der Waals surface area contributed by atoms with E-state index in [-0.39, 0.29) is 19.1 Å². The Bertz CT molecular complexity index is 583. The SMILES string of the molecule is CN(CCO)C(=O)c1cc(N)nc2ccccc12. The Labute approximate surface area is 105 Å². The highest BCUT2D eigenvalue weighted by Gasteiger charge is 2.15. The van der Waals surface area contributed by atoms with Crippen molar-refractivity contribution in [3.05, 3.63) is 35.9 Å². The maximum absolute atomic E-state index is 12.2. The molecule has 0 aliphatic rings. The lowest BCUT2D eigenvalue weighted by Crippen LogP contribution is -2.29. The minimum Gasteiger partial charge on any atom is -0.395 e. The topological polar surface area (TPSA) is 79.5 Å². The molecule has 0 saturated carbocycles. The lowest BCUT2D eigenvalue weighted by Gasteiger charge is -2.17. The monoisotopic (exact) mass is 245 g/mol. The number of nitrogen functional groups attached to an aromatic ring is 1. The first-order chi connectivity index (χ1) is 8.63. The van der Waals surface area contributed by atoms with Crippen molar-refractivity contribution in [3.8, 4) is 0 Å². The minimum atomic E-state index is -0.172. The molecule has 1 aromatic carbocycles. The van der Waals surface area contributed by atoms with Crippen LogP contribution in [-0.2, 0) is 0 Å². The number of carbonyl (C=O) groups is 1. The number of anilines is 1. The van der Waals surface area contributed by atoms with E-state index in [0.29, 0.717) is 16.9 Å². The molecule has 0 unspecified atom stereocenters. The van der Waals surface area contributed by atoms with E-state index in [1.807, 2.05) is 24.3 Å². The van der Waals surface area contributed by atoms with Crippen LogP contribution in [-0.4, -0.2) is 41.1 Å². The van der Waals surface area contributed by atoms with E-state index in [9.17, 15) is 4.79 Å². The van der Waals surface area contributed by atoms with E-state index in [4.69, 9.17) is 10.8 Å². The number of aromatic nitrogens is 1. The second kappa shape index (κ2) is 5.01. The van der Waals surface area contributed by atoms with E-state index in [0.717, 1.165) is 5.39 Å². The first-order valence-electron chi connectivity index (χ1n) is 5.65. The largest absolute Gasteiger partial charge is 0.395 e. The van der Waals surface area contributed by atoms with Crippen molar-refractivity contribution in [3.63, 3.8) is 0 Å². The molecule has 0 atom stereocenters. The van der Waals surface area contributed by atoms with Crippen LogP contribution in [0.4, 0.5) is 5.82 Å². The molecule has 0 bridgehead atoms. The molecular weight excluding hydrogens is 230 g/mol. The third kappa shape index (κ3) is 2.26. The zero-order valence-electron chi connectivity index (χ0n) is 10.1. The number of carbonyl (C=O) groups excluding carboxylic acids is 1. The number of likely N-dealkylation sites (N-methyl/N-ethyl adjacent to an activating group) is 1. The van der Waals surface area contributed by atoms with Crippen molar-refractivity contribution >= 4 is 22.6 Å². The Hall–Kier alpha value is -2.14. The summed E-state index contributed by atoms with van der Waals surface area (Å²) in [4.78, 5) is 17.9. The molecule has 0 fully saturated rings. The van der Waals surface area contributed by atoms with E-state index < -0.39 is 0 Å². The van der Waals surface area contributed by atoms with Gasteiger partial charge in [-0.1, -0.05) is 18.2 Å². The molecule has 1 aromatic heterocycles. The van der Waals surface area contributed by atoms with Gasteiger partial charge in [0.15, 0.2) is 0 Å². The Kier molecular flexibility index (Phi) is 3.43. The van der Waals surface area contributed by atoms with Gasteiger partial charge in [-0.3, -0.25) is 4.79 Å². The summed E-state index contributed by atoms with van der Waals surface area (Å²) >= 11 is 0. The lowest BCUT2D eigenvalue weighted by molar-refractivity contribution is 0.0769. The second-order valence-electron chi connectivity index (χ2n) is 4.06. The molecule has 0 aliphatic heterocycles. The molecule has 0 spiro atoms. The highest BCUT2D eigenvalue weighted by atomic mass is 16.3. The van der Waals surface area contributed by atoms with Gasteiger partial charge in [0.25, 0.3) is 5.91 Å². The predicted octanol–water partition coefficient (Wildman–Crippen LogP) is 0.881. The van der Waals surface area contributed by atoms with Crippen LogP contribution in [0, 0.1) is 0 Å². The molecular formula is C13H15N3O2. The smallest absolute Gasteiger partial charge is 0.254 e. The van der Waals surface area contributed by atoms with E-state index >= 15 is 0 Å². The van der Waals surface area contributed by atoms with Crippen LogP contribution in [0.2, 0.25) is 0 Å². The highest BCUT2D eigenvalue weighted by Crippen LogP contribution is 2.20. The number of benzene rings is 1. The van der Waals surface area contributed by atoms with Crippen molar-refractivity contribution in [1.82, 2.24) is 9.88 Å². The fraction of sp³-hybridized carbons (Fsp3) is 0.231. The summed E-state index contributed by atoms with van der Waals surface area (Å²) in [6.45, 7) is 0.218. The Morgan fingerprint density at radius 1 is 1.44 bits per heavy atom. The Balaban J connectivity index is 2.53. The number of hydrogen-bond donors (Lipinski definition) is 2. The number of nitrogens with zero attached hydrogens (tertiary/aromatic N) is 2. The van der Waals surface area contributed by atoms with Gasteiger partial charge in [0.05, 0.1) is 17.7 Å². The summed E-state index contributed by atoms with van der Waals surface area (Å²) in [6.07, 6.45) is 0. The molecule has 2 rings (SSSR count). The van der Waals surface area contributed by atoms with Crippen LogP contribution >= 0.6 is 0 Å². The Morgan fingerprint density at radius 2 is 2.17 bits per heavy atom. The van der Waals surface area contributed by atoms with Gasteiger partial charge in [0, 0.05) is 19.0 Å². The average Bonchev–Trinajstić information content (AvgIpc) is 2.37. The van der Waals surface area contributed by atoms with Gasteiger partial charge in [-0.15, -0.1) is 0 Å². The maximum atomic E-state index is 12.2. The lowest BCUT2D eigenvalue weighted by atomic mass is 10.1. The molecule has 3 N–H and O–H groups in total. The highest BCUT2D eigenvalue weighted by molar-refractivity contribution is 6.06. The van der Waals surface area contributed by atoms with Crippen molar-refractivity contribution < 1.29 is 9.90 Å². The van der Waals surface area contributed by atoms with Crippen LogP contribution in [0.1, 0.15) is 10.4 Å². The zero-order valence-corrected chi connectivity index (χ0v) is 10.1. The van der Waals surface area contributed by atoms with Gasteiger partial charge < -0.3 is 15.7 Å². The fourth-order valence-corrected chi connectivity index (χ4v) is 1.83. The number of aliphatic hydroxyl groups excluding tert-OH is 1. The van der Waals surface area contributed by atoms with E-state index in [1.54, 1.807) is 13.1 Å². The molecule has 18 heavy (non-hydrogen) atoms. The summed E-state index contributed by atoms with van der Waals surface area (Å²) < 4.78 is 0. The summed E-state index contributed by atoms with van der Waals surface area (Å²) in [7, 11) is 1.64. The summed E-state index contributed by atoms with van der Waals surface area (Å²) in [5.41, 5.74) is 6.91. The van der Waals surface area contributed by atoms with E-state index in [1.165, 1.54) is 4.90 Å². The van der Waals surface area contributed by atoms with Crippen molar-refractivity contribution in [2.45, 2.75) is 0 Å². The van der Waals surface area contributed by atoms with Gasteiger partial charge in [-0.2, -0.15) is 0 Å². The van der Waals surface area contributed by atoms with Crippen LogP contribution in [0.3, 0.4) is 0 Å².